The Morgan fingerprint density at radius 3 is 2.83 bits per heavy atom. The summed E-state index contributed by atoms with van der Waals surface area (Å²) >= 11 is 0. The summed E-state index contributed by atoms with van der Waals surface area (Å²) < 4.78 is 16.4. The normalized spacial score (nSPS) is 23.0. The lowest BCUT2D eigenvalue weighted by molar-refractivity contribution is 0.0281. The van der Waals surface area contributed by atoms with Crippen molar-refractivity contribution < 1.29 is 23.6 Å². The molecule has 30 heavy (non-hydrogen) atoms. The molecule has 0 saturated heterocycles. The molecule has 0 bridgehead atoms. The fraction of sp³-hybridized carbons (Fsp3) is 0.476. The number of nitrogens with one attached hydrogen (secondary N) is 2. The van der Waals surface area contributed by atoms with Gasteiger partial charge in [-0.2, -0.15) is 0 Å². The van der Waals surface area contributed by atoms with Crippen molar-refractivity contribution in [3.63, 3.8) is 0 Å². The first-order valence-corrected chi connectivity index (χ1v) is 9.89. The number of hydrogen-bond acceptors (Lipinski definition) is 7. The zero-order valence-corrected chi connectivity index (χ0v) is 17.7. The minimum Gasteiger partial charge on any atom is -0.491 e. The smallest absolute Gasteiger partial charge is 0.294 e. The molecule has 0 spiro atoms. The molecule has 0 saturated carbocycles. The van der Waals surface area contributed by atoms with Crippen LogP contribution in [0.4, 0.5) is 5.69 Å². The van der Waals surface area contributed by atoms with Gasteiger partial charge < -0.3 is 29.5 Å². The van der Waals surface area contributed by atoms with Crippen LogP contribution in [-0.4, -0.2) is 67.9 Å². The first-order valence-electron chi connectivity index (χ1n) is 9.89. The van der Waals surface area contributed by atoms with E-state index in [9.17, 15) is 9.59 Å². The van der Waals surface area contributed by atoms with Gasteiger partial charge in [0, 0.05) is 45.0 Å². The molecule has 9 heteroatoms. The molecule has 1 aromatic heterocycles. The molecular weight excluding hydrogens is 388 g/mol. The molecular formula is C21H28N4O5. The Bertz CT molecular complexity index is 870. The Kier molecular flexibility index (Phi) is 7.07. The maximum atomic E-state index is 13.2. The maximum Gasteiger partial charge on any atom is 0.294 e. The number of nitrogens with zero attached hydrogens (tertiary/aromatic N) is 2. The topological polar surface area (TPSA) is 106 Å². The highest BCUT2D eigenvalue weighted by atomic mass is 16.5. The molecule has 0 fully saturated rings. The number of carbonyl (C=O) groups is 2. The van der Waals surface area contributed by atoms with Gasteiger partial charge in [-0.1, -0.05) is 12.1 Å². The predicted molar refractivity (Wildman–Crippen MR) is 111 cm³/mol. The van der Waals surface area contributed by atoms with Crippen LogP contribution in [0.5, 0.6) is 5.75 Å². The third-order valence-electron chi connectivity index (χ3n) is 5.14. The zero-order chi connectivity index (χ0) is 21.7. The number of benzene rings is 1. The van der Waals surface area contributed by atoms with E-state index in [4.69, 9.17) is 14.0 Å². The number of amides is 2. The van der Waals surface area contributed by atoms with E-state index in [2.05, 4.69) is 22.7 Å². The number of anilines is 1. The van der Waals surface area contributed by atoms with Crippen molar-refractivity contribution in [1.29, 1.82) is 0 Å². The van der Waals surface area contributed by atoms with Crippen molar-refractivity contribution in [2.45, 2.75) is 26.0 Å². The Morgan fingerprint density at radius 1 is 1.33 bits per heavy atom. The van der Waals surface area contributed by atoms with Gasteiger partial charge in [-0.05, 0) is 31.0 Å². The number of aromatic nitrogens is 1. The summed E-state index contributed by atoms with van der Waals surface area (Å²) in [6.45, 7) is 5.70. The molecule has 3 rings (SSSR count). The summed E-state index contributed by atoms with van der Waals surface area (Å²) in [7, 11) is 3.38. The maximum absolute atomic E-state index is 13.2. The molecule has 9 nitrogen and oxygen atoms in total. The highest BCUT2D eigenvalue weighted by Gasteiger charge is 2.25. The Morgan fingerprint density at radius 2 is 2.13 bits per heavy atom. The number of ether oxygens (including phenoxy) is 2. The standard InChI is InChI=1S/C21H28N4O5/c1-13-10-22-14(2)12-29-17-6-5-15(24-20(26)18-7-8-23-30-18)9-16(17)21(27)25(3)11-19(13)28-4/h5-9,13-14,19,22H,10-12H2,1-4H3,(H,24,26)/t13-,14+,19-/m0/s1. The van der Waals surface area contributed by atoms with Crippen LogP contribution in [-0.2, 0) is 4.74 Å². The molecule has 2 N–H and O–H groups in total. The van der Waals surface area contributed by atoms with Crippen molar-refractivity contribution in [1.82, 2.24) is 15.4 Å². The molecule has 1 aliphatic rings. The number of rotatable bonds is 3. The van der Waals surface area contributed by atoms with Crippen molar-refractivity contribution in [2.75, 3.05) is 39.2 Å². The van der Waals surface area contributed by atoms with E-state index in [1.165, 1.54) is 12.3 Å². The summed E-state index contributed by atoms with van der Waals surface area (Å²) in [5.41, 5.74) is 0.818. The quantitative estimate of drug-likeness (QED) is 0.788. The van der Waals surface area contributed by atoms with Crippen LogP contribution in [0.2, 0.25) is 0 Å². The second-order valence-corrected chi connectivity index (χ2v) is 7.60. The van der Waals surface area contributed by atoms with Crippen LogP contribution in [0.15, 0.2) is 35.0 Å². The highest BCUT2D eigenvalue weighted by molar-refractivity contribution is 6.04. The lowest BCUT2D eigenvalue weighted by Crippen LogP contribution is -2.44. The average molecular weight is 416 g/mol. The second kappa shape index (κ2) is 9.73. The minimum atomic E-state index is -0.451. The number of fused-ring (bicyclic) bond motifs is 1. The zero-order valence-electron chi connectivity index (χ0n) is 17.7. The van der Waals surface area contributed by atoms with Gasteiger partial charge in [-0.3, -0.25) is 9.59 Å². The van der Waals surface area contributed by atoms with Crippen LogP contribution < -0.4 is 15.4 Å². The van der Waals surface area contributed by atoms with Crippen LogP contribution >= 0.6 is 0 Å². The van der Waals surface area contributed by atoms with Gasteiger partial charge in [0.05, 0.1) is 17.9 Å². The average Bonchev–Trinajstić information content (AvgIpc) is 3.28. The third-order valence-corrected chi connectivity index (χ3v) is 5.14. The lowest BCUT2D eigenvalue weighted by atomic mass is 10.0. The van der Waals surface area contributed by atoms with Gasteiger partial charge in [0.15, 0.2) is 0 Å². The first kappa shape index (κ1) is 21.8. The molecule has 2 aromatic rings. The van der Waals surface area contributed by atoms with E-state index >= 15 is 0 Å². The van der Waals surface area contributed by atoms with Gasteiger partial charge in [-0.25, -0.2) is 0 Å². The van der Waals surface area contributed by atoms with Crippen LogP contribution in [0.1, 0.15) is 34.8 Å². The largest absolute Gasteiger partial charge is 0.491 e. The molecule has 0 radical (unpaired) electrons. The van der Waals surface area contributed by atoms with E-state index in [1.807, 2.05) is 6.92 Å². The molecule has 0 unspecified atom stereocenters. The minimum absolute atomic E-state index is 0.0827. The highest BCUT2D eigenvalue weighted by Crippen LogP contribution is 2.26. The van der Waals surface area contributed by atoms with E-state index in [0.717, 1.165) is 6.54 Å². The van der Waals surface area contributed by atoms with Gasteiger partial charge >= 0.3 is 0 Å². The molecule has 2 heterocycles. The Hall–Kier alpha value is -2.91. The fourth-order valence-electron chi connectivity index (χ4n) is 3.26. The van der Waals surface area contributed by atoms with Crippen molar-refractivity contribution >= 4 is 17.5 Å². The number of carbonyl (C=O) groups excluding carboxylic acids is 2. The summed E-state index contributed by atoms with van der Waals surface area (Å²) in [6, 6.07) is 6.54. The van der Waals surface area contributed by atoms with E-state index in [0.29, 0.717) is 30.2 Å². The summed E-state index contributed by atoms with van der Waals surface area (Å²) in [5.74, 6) is 0.0868. The van der Waals surface area contributed by atoms with Crippen LogP contribution in [0.25, 0.3) is 0 Å². The number of hydrogen-bond donors (Lipinski definition) is 2. The first-order chi connectivity index (χ1) is 14.4. The summed E-state index contributed by atoms with van der Waals surface area (Å²) in [5, 5.41) is 9.69. The van der Waals surface area contributed by atoms with E-state index in [1.54, 1.807) is 37.3 Å². The fourth-order valence-corrected chi connectivity index (χ4v) is 3.26. The molecule has 162 valence electrons. The molecule has 0 aliphatic carbocycles. The van der Waals surface area contributed by atoms with Crippen molar-refractivity contribution in [2.24, 2.45) is 5.92 Å². The van der Waals surface area contributed by atoms with Gasteiger partial charge in [-0.15, -0.1) is 0 Å². The summed E-state index contributed by atoms with van der Waals surface area (Å²) in [6.07, 6.45) is 1.28. The monoisotopic (exact) mass is 416 g/mol. The number of methoxy groups -OCH3 is 1. The summed E-state index contributed by atoms with van der Waals surface area (Å²) in [4.78, 5) is 27.1. The van der Waals surface area contributed by atoms with Crippen molar-refractivity contribution in [3.05, 3.63) is 41.8 Å². The Balaban J connectivity index is 1.88. The van der Waals surface area contributed by atoms with Gasteiger partial charge in [0.25, 0.3) is 11.8 Å². The molecule has 1 aromatic carbocycles. The second-order valence-electron chi connectivity index (χ2n) is 7.60. The predicted octanol–water partition coefficient (Wildman–Crippen LogP) is 2.02. The van der Waals surface area contributed by atoms with Gasteiger partial charge in [0.1, 0.15) is 12.4 Å². The van der Waals surface area contributed by atoms with Crippen LogP contribution in [0, 0.1) is 5.92 Å². The lowest BCUT2D eigenvalue weighted by Gasteiger charge is -2.30. The van der Waals surface area contributed by atoms with E-state index < -0.39 is 5.91 Å². The molecule has 2 amide bonds. The third kappa shape index (κ3) is 5.17. The van der Waals surface area contributed by atoms with Crippen LogP contribution in [0.3, 0.4) is 0 Å². The molecule has 1 aliphatic heterocycles. The van der Waals surface area contributed by atoms with Crippen molar-refractivity contribution in [3.8, 4) is 5.75 Å². The number of likely N-dealkylation sites (N-methyl/N-ethyl adjacent to an activating group) is 1. The molecule has 3 atom stereocenters. The van der Waals surface area contributed by atoms with Gasteiger partial charge in [0.2, 0.25) is 5.76 Å². The SMILES string of the molecule is CO[C@H]1CN(C)C(=O)c2cc(NC(=O)c3ccno3)ccc2OC[C@@H](C)NC[C@@H]1C. The van der Waals surface area contributed by atoms with E-state index in [-0.39, 0.29) is 29.7 Å². The Labute approximate surface area is 175 Å².